The molecule has 1 saturated carbocycles. The number of rotatable bonds is 9. The number of nitrogens with zero attached hydrogens (tertiary/aromatic N) is 5. The molecule has 2 aliphatic rings. The van der Waals surface area contributed by atoms with Gasteiger partial charge in [0, 0.05) is 66.5 Å². The number of nitrogens with one attached hydrogen (secondary N) is 1. The predicted octanol–water partition coefficient (Wildman–Crippen LogP) is 4.90. The van der Waals surface area contributed by atoms with Gasteiger partial charge >= 0.3 is 0 Å². The zero-order chi connectivity index (χ0) is 34.8. The summed E-state index contributed by atoms with van der Waals surface area (Å²) < 4.78 is 68.0. The van der Waals surface area contributed by atoms with Crippen LogP contribution in [0.4, 0.5) is 24.8 Å². The number of hydrogen-bond donors (Lipinski definition) is 1. The van der Waals surface area contributed by atoms with Crippen molar-refractivity contribution in [2.24, 2.45) is 0 Å². The summed E-state index contributed by atoms with van der Waals surface area (Å²) in [5.74, 6) is -6.07. The fourth-order valence-corrected chi connectivity index (χ4v) is 6.84. The molecule has 2 aromatic carbocycles. The maximum absolute atomic E-state index is 15.1. The Morgan fingerprint density at radius 2 is 1.88 bits per heavy atom. The van der Waals surface area contributed by atoms with Crippen molar-refractivity contribution in [2.45, 2.75) is 73.9 Å². The summed E-state index contributed by atoms with van der Waals surface area (Å²) in [5, 5.41) is 12.1. The van der Waals surface area contributed by atoms with Crippen LogP contribution in [0.2, 0.25) is 5.02 Å². The number of carbonyl (C=O) groups is 3. The van der Waals surface area contributed by atoms with Gasteiger partial charge in [-0.05, 0) is 49.6 Å². The molecule has 2 fully saturated rings. The van der Waals surface area contributed by atoms with E-state index in [9.17, 15) is 36.8 Å². The van der Waals surface area contributed by atoms with Crippen molar-refractivity contribution in [3.05, 3.63) is 76.8 Å². The SMILES string of the molecule is CS(=O)(=O)c1cc(F)cc(N(C(=O)C[C@@H]2CCC(=O)N2c2nccc(C#N)n2)[C@H](C(=O)NC2CCC(F)(F)CC2)c2ccccc2Cl)c1. The van der Waals surface area contributed by atoms with Crippen molar-refractivity contribution < 1.29 is 36.0 Å². The molecular weight excluding hydrogens is 673 g/mol. The predicted molar refractivity (Wildman–Crippen MR) is 168 cm³/mol. The average Bonchev–Trinajstić information content (AvgIpc) is 3.39. The van der Waals surface area contributed by atoms with Gasteiger partial charge in [-0.2, -0.15) is 5.26 Å². The minimum atomic E-state index is -4.01. The van der Waals surface area contributed by atoms with Crippen LogP contribution < -0.4 is 15.1 Å². The second-order valence-electron chi connectivity index (χ2n) is 11.8. The standard InChI is InChI=1S/C32H30ClF3N6O5S/c1-48(46,47)24-15-19(34)14-23(16-24)41(28(44)17-22-6-7-27(43)42(22)31-38-13-10-21(18-37)40-31)29(25-4-2-3-5-26(25)33)30(45)39-20-8-11-32(35,36)12-9-20/h2-5,10,13-16,20,22,29H,6-9,11-12,17H2,1H3,(H,39,45)/t22-,29-/m0/s1. The summed E-state index contributed by atoms with van der Waals surface area (Å²) >= 11 is 6.55. The molecule has 3 aromatic rings. The van der Waals surface area contributed by atoms with Crippen molar-refractivity contribution in [1.29, 1.82) is 5.26 Å². The fraction of sp³-hybridized carbons (Fsp3) is 0.375. The highest BCUT2D eigenvalue weighted by Crippen LogP contribution is 2.37. The largest absolute Gasteiger partial charge is 0.351 e. The molecular formula is C32H30ClF3N6O5S. The van der Waals surface area contributed by atoms with Crippen LogP contribution in [0.3, 0.4) is 0 Å². The monoisotopic (exact) mass is 702 g/mol. The fourth-order valence-electron chi connectivity index (χ4n) is 5.94. The van der Waals surface area contributed by atoms with Gasteiger partial charge in [0.1, 0.15) is 23.6 Å². The molecule has 0 unspecified atom stereocenters. The molecule has 1 aromatic heterocycles. The Morgan fingerprint density at radius 3 is 2.54 bits per heavy atom. The first-order valence-corrected chi connectivity index (χ1v) is 17.2. The summed E-state index contributed by atoms with van der Waals surface area (Å²) in [6.07, 6.45) is 0.858. The van der Waals surface area contributed by atoms with Crippen LogP contribution in [0.5, 0.6) is 0 Å². The number of benzene rings is 2. The third kappa shape index (κ3) is 7.77. The van der Waals surface area contributed by atoms with E-state index in [1.54, 1.807) is 12.1 Å². The highest BCUT2D eigenvalue weighted by molar-refractivity contribution is 7.90. The van der Waals surface area contributed by atoms with E-state index in [1.165, 1.54) is 29.3 Å². The van der Waals surface area contributed by atoms with Gasteiger partial charge < -0.3 is 5.32 Å². The van der Waals surface area contributed by atoms with Crippen LogP contribution in [-0.4, -0.2) is 60.4 Å². The van der Waals surface area contributed by atoms with Crippen molar-refractivity contribution in [3.63, 3.8) is 0 Å². The lowest BCUT2D eigenvalue weighted by molar-refractivity contribution is -0.128. The Labute approximate surface area is 279 Å². The number of carbonyl (C=O) groups excluding carboxylic acids is 3. The Kier molecular flexibility index (Phi) is 10.1. The average molecular weight is 703 g/mol. The number of amides is 3. The van der Waals surface area contributed by atoms with E-state index in [0.29, 0.717) is 0 Å². The highest BCUT2D eigenvalue weighted by Gasteiger charge is 2.42. The third-order valence-corrected chi connectivity index (χ3v) is 9.75. The molecule has 2 atom stereocenters. The summed E-state index contributed by atoms with van der Waals surface area (Å²) in [5.41, 5.74) is -0.217. The van der Waals surface area contributed by atoms with Crippen LogP contribution in [0.25, 0.3) is 0 Å². The number of nitriles is 1. The smallest absolute Gasteiger partial charge is 0.248 e. The van der Waals surface area contributed by atoms with Gasteiger partial charge in [-0.15, -0.1) is 0 Å². The second kappa shape index (κ2) is 13.9. The number of aromatic nitrogens is 2. The first-order valence-electron chi connectivity index (χ1n) is 15.0. The van der Waals surface area contributed by atoms with Crippen molar-refractivity contribution >= 4 is 50.8 Å². The van der Waals surface area contributed by atoms with E-state index in [-0.39, 0.29) is 53.6 Å². The lowest BCUT2D eigenvalue weighted by atomic mass is 9.91. The normalized spacial score (nSPS) is 18.6. The van der Waals surface area contributed by atoms with Crippen LogP contribution in [-0.2, 0) is 24.2 Å². The molecule has 3 amide bonds. The van der Waals surface area contributed by atoms with Gasteiger partial charge in [0.2, 0.25) is 29.6 Å². The summed E-state index contributed by atoms with van der Waals surface area (Å²) in [6, 6.07) is 8.82. The molecule has 48 heavy (non-hydrogen) atoms. The van der Waals surface area contributed by atoms with E-state index in [0.717, 1.165) is 29.4 Å². The van der Waals surface area contributed by atoms with Crippen LogP contribution >= 0.6 is 11.6 Å². The van der Waals surface area contributed by atoms with Gasteiger partial charge in [-0.1, -0.05) is 29.8 Å². The lowest BCUT2D eigenvalue weighted by Gasteiger charge is -2.35. The minimum Gasteiger partial charge on any atom is -0.351 e. The number of sulfone groups is 1. The quantitative estimate of drug-likeness (QED) is 0.331. The molecule has 0 bridgehead atoms. The molecule has 0 spiro atoms. The molecule has 11 nitrogen and oxygen atoms in total. The van der Waals surface area contributed by atoms with Crippen LogP contribution in [0.1, 0.15) is 62.2 Å². The summed E-state index contributed by atoms with van der Waals surface area (Å²) in [4.78, 5) is 51.4. The Balaban J connectivity index is 1.60. The van der Waals surface area contributed by atoms with Crippen molar-refractivity contribution in [3.8, 4) is 6.07 Å². The Bertz CT molecular complexity index is 1900. The number of hydrogen-bond acceptors (Lipinski definition) is 8. The van der Waals surface area contributed by atoms with E-state index < -0.39 is 81.6 Å². The lowest BCUT2D eigenvalue weighted by Crippen LogP contribution is -2.49. The summed E-state index contributed by atoms with van der Waals surface area (Å²) in [7, 11) is -4.01. The Hall–Kier alpha value is -4.55. The molecule has 16 heteroatoms. The van der Waals surface area contributed by atoms with Crippen LogP contribution in [0.15, 0.2) is 59.6 Å². The molecule has 1 aliphatic carbocycles. The van der Waals surface area contributed by atoms with Crippen molar-refractivity contribution in [2.75, 3.05) is 16.1 Å². The maximum atomic E-state index is 15.1. The van der Waals surface area contributed by atoms with E-state index >= 15 is 4.39 Å². The topological polar surface area (TPSA) is 153 Å². The van der Waals surface area contributed by atoms with Gasteiger partial charge in [0.05, 0.1) is 4.90 Å². The zero-order valence-corrected chi connectivity index (χ0v) is 27.1. The van der Waals surface area contributed by atoms with Gasteiger partial charge in [0.25, 0.3) is 0 Å². The van der Waals surface area contributed by atoms with Crippen LogP contribution in [0, 0.1) is 17.1 Å². The zero-order valence-electron chi connectivity index (χ0n) is 25.6. The molecule has 2 heterocycles. The first kappa shape index (κ1) is 34.8. The van der Waals surface area contributed by atoms with Gasteiger partial charge in [-0.3, -0.25) is 24.2 Å². The number of alkyl halides is 2. The number of halogens is 4. The van der Waals surface area contributed by atoms with E-state index in [1.807, 2.05) is 6.07 Å². The van der Waals surface area contributed by atoms with Gasteiger partial charge in [0.15, 0.2) is 9.84 Å². The molecule has 0 radical (unpaired) electrons. The maximum Gasteiger partial charge on any atom is 0.248 e. The molecule has 1 aliphatic heterocycles. The Morgan fingerprint density at radius 1 is 1.17 bits per heavy atom. The van der Waals surface area contributed by atoms with Gasteiger partial charge in [-0.25, -0.2) is 31.6 Å². The highest BCUT2D eigenvalue weighted by atomic mass is 35.5. The van der Waals surface area contributed by atoms with E-state index in [4.69, 9.17) is 11.6 Å². The molecule has 5 rings (SSSR count). The third-order valence-electron chi connectivity index (χ3n) is 8.31. The molecule has 1 N–H and O–H groups in total. The molecule has 1 saturated heterocycles. The van der Waals surface area contributed by atoms with Crippen molar-refractivity contribution in [1.82, 2.24) is 15.3 Å². The summed E-state index contributed by atoms with van der Waals surface area (Å²) in [6.45, 7) is 0. The molecule has 252 valence electrons. The second-order valence-corrected chi connectivity index (χ2v) is 14.2. The number of anilines is 2. The minimum absolute atomic E-state index is 0.0109. The first-order chi connectivity index (χ1) is 22.7. The van der Waals surface area contributed by atoms with E-state index in [2.05, 4.69) is 15.3 Å².